The van der Waals surface area contributed by atoms with Crippen LogP contribution in [0.4, 0.5) is 0 Å². The average molecular weight is 1210 g/mol. The number of aliphatic hydroxyl groups is 8. The van der Waals surface area contributed by atoms with Gasteiger partial charge in [0.2, 0.25) is 5.91 Å². The van der Waals surface area contributed by atoms with Crippen LogP contribution in [0.25, 0.3) is 0 Å². The molecule has 2 heterocycles. The Bertz CT molecular complexity index is 1610. The van der Waals surface area contributed by atoms with Crippen molar-refractivity contribution in [1.82, 2.24) is 5.32 Å². The third kappa shape index (κ3) is 40.3. The summed E-state index contributed by atoms with van der Waals surface area (Å²) in [6.45, 7) is 2.80. The van der Waals surface area contributed by atoms with Gasteiger partial charge in [0.25, 0.3) is 0 Å². The van der Waals surface area contributed by atoms with E-state index in [2.05, 4.69) is 55.6 Å². The average Bonchev–Trinajstić information content (AvgIpc) is 3.69. The van der Waals surface area contributed by atoms with Crippen LogP contribution in [0.15, 0.2) is 48.6 Å². The van der Waals surface area contributed by atoms with Gasteiger partial charge < -0.3 is 65.1 Å². The van der Waals surface area contributed by atoms with Gasteiger partial charge in [0.1, 0.15) is 48.8 Å². The number of amides is 1. The first-order valence-corrected chi connectivity index (χ1v) is 35.4. The molecule has 2 aliphatic rings. The zero-order chi connectivity index (χ0) is 61.6. The molecule has 0 aromatic heterocycles. The summed E-state index contributed by atoms with van der Waals surface area (Å²) < 4.78 is 22.8. The Kier molecular flexibility index (Phi) is 52.1. The number of rotatable bonds is 58. The number of ether oxygens (including phenoxy) is 4. The SMILES string of the molecule is CCCCC/C=C\C/C=C\C/C=C\CCCCCCCCC(=O)NC(COC1OC(CO)C(OC2OC(CO)C(O)C(O)C2O)C(O)C1O)C(O)/C=C/CCCCCCCCCCCCCCCCCCCCCCCCCCCCCCCC. The highest BCUT2D eigenvalue weighted by atomic mass is 16.7. The summed E-state index contributed by atoms with van der Waals surface area (Å²) in [4.78, 5) is 13.3. The third-order valence-corrected chi connectivity index (χ3v) is 17.3. The van der Waals surface area contributed by atoms with Crippen molar-refractivity contribution in [3.05, 3.63) is 48.6 Å². The molecule has 498 valence electrons. The van der Waals surface area contributed by atoms with Gasteiger partial charge in [0, 0.05) is 6.42 Å². The molecule has 0 aliphatic carbocycles. The van der Waals surface area contributed by atoms with E-state index in [4.69, 9.17) is 18.9 Å². The maximum Gasteiger partial charge on any atom is 0.220 e. The van der Waals surface area contributed by atoms with E-state index >= 15 is 0 Å². The molecule has 12 atom stereocenters. The maximum absolute atomic E-state index is 13.3. The first-order valence-electron chi connectivity index (χ1n) is 35.4. The van der Waals surface area contributed by atoms with Gasteiger partial charge in [0.05, 0.1) is 32.0 Å². The molecule has 0 saturated carbocycles. The lowest BCUT2D eigenvalue weighted by Gasteiger charge is -2.46. The van der Waals surface area contributed by atoms with E-state index < -0.39 is 86.8 Å². The zero-order valence-corrected chi connectivity index (χ0v) is 54.1. The number of carbonyl (C=O) groups excluding carboxylic acids is 1. The van der Waals surface area contributed by atoms with Gasteiger partial charge in [-0.05, 0) is 57.8 Å². The molecule has 14 heteroatoms. The van der Waals surface area contributed by atoms with Crippen molar-refractivity contribution in [2.45, 2.75) is 376 Å². The number of hydrogen-bond donors (Lipinski definition) is 9. The van der Waals surface area contributed by atoms with E-state index in [0.717, 1.165) is 70.6 Å². The van der Waals surface area contributed by atoms with Gasteiger partial charge in [-0.3, -0.25) is 4.79 Å². The molecule has 2 rings (SSSR count). The number of aliphatic hydroxyl groups excluding tert-OH is 8. The number of allylic oxidation sites excluding steroid dienone is 7. The minimum atomic E-state index is -1.79. The fourth-order valence-corrected chi connectivity index (χ4v) is 11.6. The van der Waals surface area contributed by atoms with Gasteiger partial charge in [-0.2, -0.15) is 0 Å². The van der Waals surface area contributed by atoms with E-state index in [1.54, 1.807) is 6.08 Å². The quantitative estimate of drug-likeness (QED) is 0.0204. The van der Waals surface area contributed by atoms with Crippen LogP contribution in [0.3, 0.4) is 0 Å². The van der Waals surface area contributed by atoms with Gasteiger partial charge in [-0.25, -0.2) is 0 Å². The van der Waals surface area contributed by atoms with Crippen molar-refractivity contribution in [2.75, 3.05) is 19.8 Å². The molecule has 2 saturated heterocycles. The number of unbranched alkanes of at least 4 members (excludes halogenated alkanes) is 39. The minimum absolute atomic E-state index is 0.249. The smallest absolute Gasteiger partial charge is 0.220 e. The molecule has 85 heavy (non-hydrogen) atoms. The molecule has 12 unspecified atom stereocenters. The summed E-state index contributed by atoms with van der Waals surface area (Å²) >= 11 is 0. The molecule has 2 fully saturated rings. The molecule has 2 aliphatic heterocycles. The monoisotopic (exact) mass is 1210 g/mol. The Morgan fingerprint density at radius 2 is 0.776 bits per heavy atom. The normalized spacial score (nSPS) is 23.8. The van der Waals surface area contributed by atoms with Gasteiger partial charge in [-0.1, -0.05) is 287 Å². The molecule has 1 amide bonds. The Morgan fingerprint density at radius 1 is 0.424 bits per heavy atom. The Labute approximate surface area is 518 Å². The van der Waals surface area contributed by atoms with Crippen LogP contribution in [0.2, 0.25) is 0 Å². The van der Waals surface area contributed by atoms with E-state index in [-0.39, 0.29) is 18.9 Å². The molecular formula is C71H131NO13. The minimum Gasteiger partial charge on any atom is -0.394 e. The van der Waals surface area contributed by atoms with Crippen LogP contribution in [0.5, 0.6) is 0 Å². The van der Waals surface area contributed by atoms with Crippen molar-refractivity contribution in [1.29, 1.82) is 0 Å². The lowest BCUT2D eigenvalue weighted by Crippen LogP contribution is -2.65. The van der Waals surface area contributed by atoms with E-state index in [1.165, 1.54) is 205 Å². The van der Waals surface area contributed by atoms with Crippen molar-refractivity contribution < 1.29 is 64.6 Å². The summed E-state index contributed by atoms with van der Waals surface area (Å²) in [7, 11) is 0. The van der Waals surface area contributed by atoms with Crippen LogP contribution < -0.4 is 5.32 Å². The van der Waals surface area contributed by atoms with Crippen LogP contribution >= 0.6 is 0 Å². The van der Waals surface area contributed by atoms with Gasteiger partial charge in [0.15, 0.2) is 12.6 Å². The lowest BCUT2D eigenvalue weighted by atomic mass is 9.97. The van der Waals surface area contributed by atoms with Crippen molar-refractivity contribution >= 4 is 5.91 Å². The van der Waals surface area contributed by atoms with Crippen LogP contribution in [0, 0.1) is 0 Å². The third-order valence-electron chi connectivity index (χ3n) is 17.3. The van der Waals surface area contributed by atoms with Gasteiger partial charge >= 0.3 is 0 Å². The highest BCUT2D eigenvalue weighted by Gasteiger charge is 2.51. The van der Waals surface area contributed by atoms with Crippen LogP contribution in [-0.2, 0) is 23.7 Å². The molecule has 0 aromatic carbocycles. The van der Waals surface area contributed by atoms with E-state index in [1.807, 2.05) is 6.08 Å². The Morgan fingerprint density at radius 3 is 1.21 bits per heavy atom. The molecule has 9 N–H and O–H groups in total. The standard InChI is InChI=1S/C71H131NO13/c1-3-5-7-9-11-13-15-17-19-21-23-24-25-26-27-28-29-30-31-32-33-34-35-37-38-40-42-44-46-48-50-52-54-60(75)59(72-63(76)55-53-51-49-47-45-43-41-39-36-22-20-18-16-14-12-10-8-6-4-2)58-82-70-68(81)66(79)69(62(57-74)84-70)85-71-67(80)65(78)64(77)61(56-73)83-71/h12,14,18,20,36,39,52,54,59-62,64-71,73-75,77-81H,3-11,13,15-17,19,21-35,37-38,40-51,53,55-58H2,1-2H3,(H,72,76)/b14-12-,20-18-,39-36-,54-52+. The lowest BCUT2D eigenvalue weighted by molar-refractivity contribution is -0.359. The molecular weight excluding hydrogens is 1070 g/mol. The van der Waals surface area contributed by atoms with E-state index in [0.29, 0.717) is 6.42 Å². The summed E-state index contributed by atoms with van der Waals surface area (Å²) in [6, 6.07) is -0.925. The summed E-state index contributed by atoms with van der Waals surface area (Å²) in [5.41, 5.74) is 0. The van der Waals surface area contributed by atoms with Crippen molar-refractivity contribution in [2.24, 2.45) is 0 Å². The molecule has 0 bridgehead atoms. The van der Waals surface area contributed by atoms with Crippen LogP contribution in [-0.4, -0.2) is 140 Å². The molecule has 0 aromatic rings. The van der Waals surface area contributed by atoms with Crippen LogP contribution in [0.1, 0.15) is 303 Å². The first-order chi connectivity index (χ1) is 41.6. The Balaban J connectivity index is 1.66. The molecule has 14 nitrogen and oxygen atoms in total. The topological polar surface area (TPSA) is 228 Å². The molecule has 0 spiro atoms. The van der Waals surface area contributed by atoms with Crippen molar-refractivity contribution in [3.8, 4) is 0 Å². The summed E-state index contributed by atoms with van der Waals surface area (Å²) in [5.74, 6) is -0.249. The molecule has 0 radical (unpaired) electrons. The second-order valence-corrected chi connectivity index (χ2v) is 25.0. The highest BCUT2D eigenvalue weighted by molar-refractivity contribution is 5.76. The number of nitrogens with one attached hydrogen (secondary N) is 1. The van der Waals surface area contributed by atoms with Gasteiger partial charge in [-0.15, -0.1) is 0 Å². The second-order valence-electron chi connectivity index (χ2n) is 25.0. The zero-order valence-electron chi connectivity index (χ0n) is 54.1. The first kappa shape index (κ1) is 79.0. The fourth-order valence-electron chi connectivity index (χ4n) is 11.6. The summed E-state index contributed by atoms with van der Waals surface area (Å²) in [6.07, 6.45) is 56.0. The number of carbonyl (C=O) groups is 1. The van der Waals surface area contributed by atoms with Crippen molar-refractivity contribution in [3.63, 3.8) is 0 Å². The fraction of sp³-hybridized carbons (Fsp3) is 0.873. The maximum atomic E-state index is 13.3. The second kappa shape index (κ2) is 56.0. The highest BCUT2D eigenvalue weighted by Crippen LogP contribution is 2.30. The Hall–Kier alpha value is -2.05. The predicted molar refractivity (Wildman–Crippen MR) is 346 cm³/mol. The van der Waals surface area contributed by atoms with E-state index in [9.17, 15) is 45.6 Å². The summed E-state index contributed by atoms with van der Waals surface area (Å²) in [5, 5.41) is 87.4. The predicted octanol–water partition coefficient (Wildman–Crippen LogP) is 14.3. The number of hydrogen-bond acceptors (Lipinski definition) is 13. The largest absolute Gasteiger partial charge is 0.394 e.